The number of carbonyl (C=O) groups is 4. The number of methoxy groups -OCH3 is 2. The summed E-state index contributed by atoms with van der Waals surface area (Å²) >= 11 is 0. The zero-order valence-electron chi connectivity index (χ0n) is 76.1. The lowest BCUT2D eigenvalue weighted by atomic mass is 9.80. The van der Waals surface area contributed by atoms with Gasteiger partial charge in [-0.3, -0.25) is 38.4 Å². The van der Waals surface area contributed by atoms with Gasteiger partial charge in [-0.15, -0.1) is 0 Å². The number of aliphatic hydroxyl groups is 4. The van der Waals surface area contributed by atoms with E-state index < -0.39 is 104 Å². The number of fused-ring (bicyclic) bond motifs is 7. The number of benzene rings is 7. The number of hydrogen-bond acceptors (Lipinski definition) is 28. The fraction of sp³-hybridized carbons (Fsp3) is 0.388. The van der Waals surface area contributed by atoms with Crippen LogP contribution in [0, 0.1) is 11.3 Å². The van der Waals surface area contributed by atoms with Gasteiger partial charge in [-0.1, -0.05) is 152 Å². The van der Waals surface area contributed by atoms with Crippen molar-refractivity contribution in [1.29, 1.82) is 5.26 Å². The van der Waals surface area contributed by atoms with E-state index in [1.807, 2.05) is 127 Å². The van der Waals surface area contributed by atoms with Crippen LogP contribution in [0.4, 0.5) is 27.2 Å². The summed E-state index contributed by atoms with van der Waals surface area (Å²) in [5.74, 6) is 0.636. The van der Waals surface area contributed by atoms with Crippen LogP contribution in [0.1, 0.15) is 149 Å². The number of carbonyl (C=O) groups excluding carboxylic acids is 4. The second-order valence-corrected chi connectivity index (χ2v) is 35.0. The van der Waals surface area contributed by atoms with E-state index in [9.17, 15) is 54.1 Å². The minimum absolute atomic E-state index is 0.00270. The van der Waals surface area contributed by atoms with Crippen molar-refractivity contribution >= 4 is 61.3 Å². The molecule has 9 N–H and O–H groups in total. The standard InChI is InChI=1S/C60H67N8O10P.C29H32N4O7.C9H13N3O4/c1-39(2)68(40(3)4)79(76-34-16-32-61)78-51-35-54(77-52(51)37-75-60(41-17-9-8-10-18-41,42-24-28-44(72-6)29-25-42)43-26-30-45(73-7)31-27-43)67-38-62-55-56(67)64-58(65-57(55)70)63-53(69)23-15-33-66(5)59(71)74-36-50-48-21-13-11-19-46(48)47-20-12-14-22-49(47)50;1-32(29(38)39-17-22-20-9-4-2-7-18(20)19-8-3-5-10-21(19)22)13-6-11-26(36)30-25-12-14-33(28(37)31-25)27-15-23(35)24(16-34)40-27;10-7-1-2-12(9(15)11-7)8-3-5(14)6(4-13)16-8/h8-14,17-22,24-31,38-40,50-52,54H,15-16,23,33-37H2,1-7H3,(H2,63,64,65,69,70);2-5,7-10,12,14,22-24,27,34-35H,6,11,13,15-17H2,1H3,(H,30,31,36,37);1-2,5-6,8,13-14H,3-4H2,(H2,10,11,15)/t51-,52+,54+,79?;23-,24+,27+;5-,6+,8+/m000/s1. The van der Waals surface area contributed by atoms with Crippen molar-refractivity contribution in [1.82, 2.24) is 53.1 Å². The molecule has 3 fully saturated rings. The van der Waals surface area contributed by atoms with Gasteiger partial charge in [0.05, 0.1) is 77.8 Å². The summed E-state index contributed by atoms with van der Waals surface area (Å²) in [5.41, 5.74) is 14.2. The average molecular weight is 1870 g/mol. The van der Waals surface area contributed by atoms with Crippen molar-refractivity contribution in [3.05, 3.63) is 277 Å². The molecule has 0 radical (unpaired) electrons. The molecule has 135 heavy (non-hydrogen) atoms. The number of H-pyrrole nitrogens is 1. The first-order valence-corrected chi connectivity index (χ1v) is 45.8. The summed E-state index contributed by atoms with van der Waals surface area (Å²) in [6.07, 6.45) is -1.55. The van der Waals surface area contributed by atoms with E-state index in [0.29, 0.717) is 30.9 Å². The Bertz CT molecular complexity index is 5990. The average Bonchev–Trinajstić information content (AvgIpc) is 1.67. The number of aromatic nitrogens is 8. The van der Waals surface area contributed by atoms with Crippen LogP contribution in [0.5, 0.6) is 11.5 Å². The van der Waals surface area contributed by atoms with Crippen molar-refractivity contribution in [3.63, 3.8) is 0 Å². The van der Waals surface area contributed by atoms with Gasteiger partial charge in [0.15, 0.2) is 11.2 Å². The number of anilines is 3. The van der Waals surface area contributed by atoms with Crippen LogP contribution in [-0.2, 0) is 52.7 Å². The number of nitrogens with two attached hydrogens (primary N) is 1. The number of aromatic amines is 1. The fourth-order valence-corrected chi connectivity index (χ4v) is 19.2. The Hall–Kier alpha value is -13.0. The number of amides is 4. The number of nitrogens with zero attached hydrogens (tertiary/aromatic N) is 11. The van der Waals surface area contributed by atoms with Crippen molar-refractivity contribution in [2.75, 3.05) is 97.4 Å². The first-order chi connectivity index (χ1) is 65.3. The van der Waals surface area contributed by atoms with Crippen LogP contribution in [0.3, 0.4) is 0 Å². The highest BCUT2D eigenvalue weighted by atomic mass is 31.2. The molecule has 710 valence electrons. The number of imidazole rings is 1. The number of nitriles is 1. The molecular weight excluding hydrogens is 1750 g/mol. The maximum Gasteiger partial charge on any atom is 0.409 e. The first kappa shape index (κ1) is 98.0. The minimum Gasteiger partial charge on any atom is -0.497 e. The predicted octanol–water partition coefficient (Wildman–Crippen LogP) is 11.6. The van der Waals surface area contributed by atoms with Crippen LogP contribution >= 0.6 is 8.53 Å². The maximum absolute atomic E-state index is 13.7. The van der Waals surface area contributed by atoms with Gasteiger partial charge in [0, 0.05) is 95.6 Å². The normalized spacial score (nSPS) is 18.9. The maximum atomic E-state index is 13.7. The van der Waals surface area contributed by atoms with E-state index in [-0.39, 0.29) is 143 Å². The van der Waals surface area contributed by atoms with Gasteiger partial charge in [0.2, 0.25) is 17.8 Å². The molecular formula is C98H112N15O21P. The van der Waals surface area contributed by atoms with Crippen LogP contribution in [-0.4, -0.2) is 227 Å². The molecule has 3 aliphatic heterocycles. The molecule has 3 saturated heterocycles. The topological polar surface area (TPSA) is 458 Å². The second-order valence-electron chi connectivity index (χ2n) is 33.6. The largest absolute Gasteiger partial charge is 0.497 e. The lowest BCUT2D eigenvalue weighted by molar-refractivity contribution is -0.117. The van der Waals surface area contributed by atoms with Gasteiger partial charge in [-0.2, -0.15) is 20.2 Å². The lowest BCUT2D eigenvalue weighted by Gasteiger charge is -2.39. The van der Waals surface area contributed by atoms with Gasteiger partial charge < -0.3 is 88.2 Å². The van der Waals surface area contributed by atoms with Gasteiger partial charge in [-0.05, 0) is 138 Å². The molecule has 10 atom stereocenters. The third-order valence-electron chi connectivity index (χ3n) is 24.1. The number of nitrogen functional groups attached to an aromatic ring is 1. The number of rotatable bonds is 35. The Morgan fingerprint density at radius 3 is 1.49 bits per heavy atom. The molecule has 4 amide bonds. The second kappa shape index (κ2) is 45.4. The van der Waals surface area contributed by atoms with Crippen LogP contribution in [0.2, 0.25) is 0 Å². The molecule has 0 spiro atoms. The van der Waals surface area contributed by atoms with E-state index >= 15 is 0 Å². The van der Waals surface area contributed by atoms with Gasteiger partial charge >= 0.3 is 23.6 Å². The zero-order valence-corrected chi connectivity index (χ0v) is 77.0. The summed E-state index contributed by atoms with van der Waals surface area (Å²) in [4.78, 5) is 111. The summed E-state index contributed by atoms with van der Waals surface area (Å²) in [6, 6.07) is 63.2. The molecule has 0 bridgehead atoms. The number of nitrogens with one attached hydrogen (secondary N) is 3. The zero-order chi connectivity index (χ0) is 95.6. The highest BCUT2D eigenvalue weighted by Gasteiger charge is 2.47. The van der Waals surface area contributed by atoms with E-state index in [1.165, 1.54) is 49.8 Å². The Kier molecular flexibility index (Phi) is 32.9. The number of hydrogen-bond donors (Lipinski definition) is 8. The Morgan fingerprint density at radius 2 is 1.03 bits per heavy atom. The highest BCUT2D eigenvalue weighted by molar-refractivity contribution is 7.44. The molecule has 37 heteroatoms. The summed E-state index contributed by atoms with van der Waals surface area (Å²) in [7, 11) is 4.76. The third-order valence-corrected chi connectivity index (χ3v) is 26.3. The van der Waals surface area contributed by atoms with Crippen molar-refractivity contribution < 1.29 is 86.5 Å². The van der Waals surface area contributed by atoms with Crippen molar-refractivity contribution in [3.8, 4) is 39.8 Å². The van der Waals surface area contributed by atoms with Crippen molar-refractivity contribution in [2.24, 2.45) is 0 Å². The highest BCUT2D eigenvalue weighted by Crippen LogP contribution is 2.52. The van der Waals surface area contributed by atoms with Crippen LogP contribution in [0.15, 0.2) is 221 Å². The predicted molar refractivity (Wildman–Crippen MR) is 501 cm³/mol. The van der Waals surface area contributed by atoms with E-state index in [1.54, 1.807) is 32.9 Å². The third kappa shape index (κ3) is 23.0. The van der Waals surface area contributed by atoms with E-state index in [0.717, 1.165) is 61.2 Å². The molecule has 16 rings (SSSR count). The summed E-state index contributed by atoms with van der Waals surface area (Å²) < 4.78 is 67.6. The molecule has 7 aromatic carbocycles. The Labute approximate surface area is 780 Å². The molecule has 0 saturated carbocycles. The fourth-order valence-electron chi connectivity index (χ4n) is 17.4. The SMILES string of the molecule is CN(CCCC(=O)Nc1ccn([C@H]2C[C@H](O)[C@@H](CO)O2)c(=O)n1)C(=O)OCC1c2ccccc2-c2ccccc21.COc1ccc(C(OC[C@H]2O[C@@H](n3cnc4c(=O)[nH]c(NC(=O)CCCN(C)C(=O)OCC5c6ccccc6-c6ccccc65)nc43)C[C@@H]2OP(OCCC#N)N(C(C)C)C(C)C)(c2ccccc2)c2ccc(OC)cc2)cc1.Nc1ccn([C@H]2C[C@H](O)[C@@H](CO)O2)c(=O)n1. The Balaban J connectivity index is 0.000000213. The van der Waals surface area contributed by atoms with Crippen molar-refractivity contribution in [2.45, 2.75) is 164 Å². The lowest BCUT2D eigenvalue weighted by Crippen LogP contribution is -2.39. The van der Waals surface area contributed by atoms with Crippen LogP contribution in [0.25, 0.3) is 33.4 Å². The molecule has 5 aliphatic rings. The smallest absolute Gasteiger partial charge is 0.409 e. The molecule has 36 nitrogen and oxygen atoms in total. The van der Waals surface area contributed by atoms with Crippen LogP contribution < -0.4 is 42.8 Å². The molecule has 1 unspecified atom stereocenters. The van der Waals surface area contributed by atoms with Gasteiger partial charge in [0.25, 0.3) is 14.1 Å². The molecule has 2 aliphatic carbocycles. The van der Waals surface area contributed by atoms with E-state index in [2.05, 4.69) is 118 Å². The minimum atomic E-state index is -1.75. The Morgan fingerprint density at radius 1 is 0.578 bits per heavy atom. The summed E-state index contributed by atoms with van der Waals surface area (Å²) in [5, 5.41) is 52.4. The van der Waals surface area contributed by atoms with E-state index in [4.69, 9.17) is 62.8 Å². The molecule has 7 heterocycles. The first-order valence-electron chi connectivity index (χ1n) is 44.7. The monoisotopic (exact) mass is 1870 g/mol. The number of aliphatic hydroxyl groups excluding tert-OH is 4. The molecule has 4 aromatic heterocycles. The molecule has 11 aromatic rings. The number of ether oxygens (including phenoxy) is 8. The summed E-state index contributed by atoms with van der Waals surface area (Å²) in [6.45, 7) is 8.76. The van der Waals surface area contributed by atoms with Gasteiger partial charge in [-0.25, -0.2) is 28.8 Å². The van der Waals surface area contributed by atoms with Gasteiger partial charge in [0.1, 0.15) is 78.9 Å². The quantitative estimate of drug-likeness (QED) is 0.0104.